The zero-order valence-corrected chi connectivity index (χ0v) is 11.4. The Bertz CT molecular complexity index is 479. The highest BCUT2D eigenvalue weighted by Crippen LogP contribution is 2.23. The molecule has 2 unspecified atom stereocenters. The summed E-state index contributed by atoms with van der Waals surface area (Å²) < 4.78 is 25.9. The quantitative estimate of drug-likeness (QED) is 0.889. The number of carbonyl (C=O) groups is 1. The molecule has 1 aromatic carbocycles. The van der Waals surface area contributed by atoms with Crippen LogP contribution >= 0.6 is 0 Å². The van der Waals surface area contributed by atoms with E-state index in [4.69, 9.17) is 5.73 Å². The molecule has 0 bridgehead atoms. The molecule has 5 heteroatoms. The van der Waals surface area contributed by atoms with Gasteiger partial charge in [-0.2, -0.15) is 0 Å². The largest absolute Gasteiger partial charge is 0.353 e. The standard InChI is InChI=1S/C15H20F2N2O/c16-12-6-5-10(7-13(12)17)8-15(20)19-14-4-2-1-3-11(14)9-18/h5-7,11,14H,1-4,8-9,18H2,(H,19,20). The van der Waals surface area contributed by atoms with Crippen molar-refractivity contribution in [3.8, 4) is 0 Å². The van der Waals surface area contributed by atoms with Crippen LogP contribution in [0.15, 0.2) is 18.2 Å². The first-order valence-electron chi connectivity index (χ1n) is 7.03. The van der Waals surface area contributed by atoms with Crippen molar-refractivity contribution in [3.05, 3.63) is 35.4 Å². The van der Waals surface area contributed by atoms with E-state index in [9.17, 15) is 13.6 Å². The lowest BCUT2D eigenvalue weighted by molar-refractivity contribution is -0.121. The second-order valence-electron chi connectivity index (χ2n) is 5.38. The van der Waals surface area contributed by atoms with Crippen LogP contribution in [0.3, 0.4) is 0 Å². The third-order valence-electron chi connectivity index (χ3n) is 3.91. The van der Waals surface area contributed by atoms with Gasteiger partial charge in [-0.05, 0) is 43.0 Å². The number of carbonyl (C=O) groups excluding carboxylic acids is 1. The average Bonchev–Trinajstić information content (AvgIpc) is 2.43. The number of benzene rings is 1. The molecule has 0 saturated heterocycles. The van der Waals surface area contributed by atoms with Crippen molar-refractivity contribution in [2.24, 2.45) is 11.7 Å². The number of hydrogen-bond acceptors (Lipinski definition) is 2. The minimum Gasteiger partial charge on any atom is -0.353 e. The predicted octanol–water partition coefficient (Wildman–Crippen LogP) is 2.14. The van der Waals surface area contributed by atoms with Crippen LogP contribution in [0.2, 0.25) is 0 Å². The molecule has 0 radical (unpaired) electrons. The van der Waals surface area contributed by atoms with Gasteiger partial charge in [-0.25, -0.2) is 8.78 Å². The molecular formula is C15H20F2N2O. The maximum Gasteiger partial charge on any atom is 0.224 e. The normalized spacial score (nSPS) is 22.6. The molecule has 2 atom stereocenters. The van der Waals surface area contributed by atoms with Crippen molar-refractivity contribution in [2.75, 3.05) is 6.54 Å². The summed E-state index contributed by atoms with van der Waals surface area (Å²) in [6.45, 7) is 0.566. The fraction of sp³-hybridized carbons (Fsp3) is 0.533. The van der Waals surface area contributed by atoms with Gasteiger partial charge < -0.3 is 11.1 Å². The van der Waals surface area contributed by atoms with Crippen LogP contribution in [0.25, 0.3) is 0 Å². The maximum absolute atomic E-state index is 13.1. The van der Waals surface area contributed by atoms with Gasteiger partial charge in [0.25, 0.3) is 0 Å². The number of amides is 1. The van der Waals surface area contributed by atoms with Crippen molar-refractivity contribution < 1.29 is 13.6 Å². The van der Waals surface area contributed by atoms with Crippen molar-refractivity contribution in [3.63, 3.8) is 0 Å². The molecule has 1 aliphatic carbocycles. The minimum atomic E-state index is -0.923. The van der Waals surface area contributed by atoms with E-state index < -0.39 is 11.6 Å². The molecule has 1 amide bonds. The van der Waals surface area contributed by atoms with E-state index in [1.807, 2.05) is 0 Å². The first-order valence-corrected chi connectivity index (χ1v) is 7.03. The smallest absolute Gasteiger partial charge is 0.224 e. The Hall–Kier alpha value is -1.49. The van der Waals surface area contributed by atoms with Gasteiger partial charge in [-0.15, -0.1) is 0 Å². The SMILES string of the molecule is NCC1CCCCC1NC(=O)Cc1ccc(F)c(F)c1. The van der Waals surface area contributed by atoms with Gasteiger partial charge in [0.15, 0.2) is 11.6 Å². The Labute approximate surface area is 117 Å². The number of nitrogens with two attached hydrogens (primary N) is 1. The molecule has 1 fully saturated rings. The third kappa shape index (κ3) is 3.76. The van der Waals surface area contributed by atoms with Gasteiger partial charge >= 0.3 is 0 Å². The van der Waals surface area contributed by atoms with Gasteiger partial charge in [0.2, 0.25) is 5.91 Å². The lowest BCUT2D eigenvalue weighted by Gasteiger charge is -2.31. The Morgan fingerprint density at radius 3 is 2.70 bits per heavy atom. The third-order valence-corrected chi connectivity index (χ3v) is 3.91. The number of rotatable bonds is 4. The van der Waals surface area contributed by atoms with Crippen LogP contribution in [0.4, 0.5) is 8.78 Å². The van der Waals surface area contributed by atoms with Crippen LogP contribution in [-0.4, -0.2) is 18.5 Å². The highest BCUT2D eigenvalue weighted by molar-refractivity contribution is 5.78. The summed E-state index contributed by atoms with van der Waals surface area (Å²) >= 11 is 0. The van der Waals surface area contributed by atoms with Gasteiger partial charge in [0, 0.05) is 6.04 Å². The Morgan fingerprint density at radius 1 is 1.25 bits per heavy atom. The highest BCUT2D eigenvalue weighted by Gasteiger charge is 2.25. The van der Waals surface area contributed by atoms with E-state index in [1.165, 1.54) is 6.07 Å². The van der Waals surface area contributed by atoms with Crippen LogP contribution in [0.1, 0.15) is 31.2 Å². The highest BCUT2D eigenvalue weighted by atomic mass is 19.2. The minimum absolute atomic E-state index is 0.0605. The second-order valence-corrected chi connectivity index (χ2v) is 5.38. The van der Waals surface area contributed by atoms with Gasteiger partial charge in [0.05, 0.1) is 6.42 Å². The summed E-state index contributed by atoms with van der Waals surface area (Å²) in [6.07, 6.45) is 4.27. The molecule has 0 spiro atoms. The maximum atomic E-state index is 13.1. The van der Waals surface area contributed by atoms with Crippen molar-refractivity contribution in [1.29, 1.82) is 0 Å². The summed E-state index contributed by atoms with van der Waals surface area (Å²) in [6, 6.07) is 3.64. The van der Waals surface area contributed by atoms with Gasteiger partial charge in [0.1, 0.15) is 0 Å². The molecule has 20 heavy (non-hydrogen) atoms. The number of halogens is 2. The van der Waals surface area contributed by atoms with Gasteiger partial charge in [-0.1, -0.05) is 18.9 Å². The molecule has 1 saturated carbocycles. The van der Waals surface area contributed by atoms with E-state index >= 15 is 0 Å². The second kappa shape index (κ2) is 6.79. The summed E-state index contributed by atoms with van der Waals surface area (Å²) in [7, 11) is 0. The van der Waals surface area contributed by atoms with E-state index in [-0.39, 0.29) is 18.4 Å². The molecule has 110 valence electrons. The molecule has 1 aliphatic rings. The number of hydrogen-bond donors (Lipinski definition) is 2. The van der Waals surface area contributed by atoms with Crippen LogP contribution in [0, 0.1) is 17.6 Å². The van der Waals surface area contributed by atoms with Crippen LogP contribution < -0.4 is 11.1 Å². The Morgan fingerprint density at radius 2 is 2.00 bits per heavy atom. The summed E-state index contributed by atoms with van der Waals surface area (Å²) in [5.74, 6) is -1.67. The first-order chi connectivity index (χ1) is 9.60. The van der Waals surface area contributed by atoms with E-state index in [0.717, 1.165) is 37.8 Å². The van der Waals surface area contributed by atoms with Crippen molar-refractivity contribution in [2.45, 2.75) is 38.1 Å². The molecule has 3 nitrogen and oxygen atoms in total. The van der Waals surface area contributed by atoms with Crippen molar-refractivity contribution in [1.82, 2.24) is 5.32 Å². The zero-order chi connectivity index (χ0) is 14.5. The monoisotopic (exact) mass is 282 g/mol. The van der Waals surface area contributed by atoms with Crippen molar-refractivity contribution >= 4 is 5.91 Å². The molecule has 0 aromatic heterocycles. The molecule has 3 N–H and O–H groups in total. The molecule has 0 aliphatic heterocycles. The lowest BCUT2D eigenvalue weighted by Crippen LogP contribution is -2.45. The molecular weight excluding hydrogens is 262 g/mol. The predicted molar refractivity (Wildman–Crippen MR) is 73.0 cm³/mol. The van der Waals surface area contributed by atoms with E-state index in [1.54, 1.807) is 0 Å². The summed E-state index contributed by atoms with van der Waals surface area (Å²) in [4.78, 5) is 12.0. The Kier molecular flexibility index (Phi) is 5.06. The van der Waals surface area contributed by atoms with E-state index in [2.05, 4.69) is 5.32 Å². The number of nitrogens with one attached hydrogen (secondary N) is 1. The molecule has 0 heterocycles. The molecule has 2 rings (SSSR count). The topological polar surface area (TPSA) is 55.1 Å². The first kappa shape index (κ1) is 14.9. The molecule has 1 aromatic rings. The summed E-state index contributed by atoms with van der Waals surface area (Å²) in [5, 5.41) is 2.97. The van der Waals surface area contributed by atoms with Crippen LogP contribution in [0.5, 0.6) is 0 Å². The fourth-order valence-electron chi connectivity index (χ4n) is 2.77. The van der Waals surface area contributed by atoms with Crippen LogP contribution in [-0.2, 0) is 11.2 Å². The Balaban J connectivity index is 1.92. The van der Waals surface area contributed by atoms with E-state index in [0.29, 0.717) is 18.0 Å². The lowest BCUT2D eigenvalue weighted by atomic mass is 9.84. The average molecular weight is 282 g/mol. The summed E-state index contributed by atoms with van der Waals surface area (Å²) in [5.41, 5.74) is 6.19. The fourth-order valence-corrected chi connectivity index (χ4v) is 2.77. The van der Waals surface area contributed by atoms with Gasteiger partial charge in [-0.3, -0.25) is 4.79 Å². The zero-order valence-electron chi connectivity index (χ0n) is 11.4.